The van der Waals surface area contributed by atoms with Gasteiger partial charge < -0.3 is 9.15 Å². The minimum absolute atomic E-state index is 0.182. The van der Waals surface area contributed by atoms with E-state index in [-0.39, 0.29) is 5.76 Å². The van der Waals surface area contributed by atoms with Crippen LogP contribution in [0.15, 0.2) is 40.8 Å². The van der Waals surface area contributed by atoms with Crippen LogP contribution in [-0.2, 0) is 6.61 Å². The van der Waals surface area contributed by atoms with Crippen LogP contribution in [0.25, 0.3) is 0 Å². The molecule has 94 valence electrons. The molecular weight excluding hydrogens is 232 g/mol. The molecule has 5 heteroatoms. The molecule has 0 radical (unpaired) electrons. The molecule has 1 aromatic heterocycles. The molecule has 2 aromatic rings. The van der Waals surface area contributed by atoms with Gasteiger partial charge >= 0.3 is 5.91 Å². The number of hydrogen-bond donors (Lipinski definition) is 2. The van der Waals surface area contributed by atoms with Crippen molar-refractivity contribution < 1.29 is 13.9 Å². The number of ether oxygens (including phenoxy) is 1. The van der Waals surface area contributed by atoms with Crippen molar-refractivity contribution in [3.8, 4) is 5.75 Å². The molecule has 0 bridgehead atoms. The molecule has 0 fully saturated rings. The number of carbonyl (C=O) groups is 1. The summed E-state index contributed by atoms with van der Waals surface area (Å²) in [4.78, 5) is 11.3. The predicted octanol–water partition coefficient (Wildman–Crippen LogP) is 1.77. The van der Waals surface area contributed by atoms with Crippen molar-refractivity contribution in [3.63, 3.8) is 0 Å². The first-order valence-corrected chi connectivity index (χ1v) is 5.49. The topological polar surface area (TPSA) is 77.5 Å². The summed E-state index contributed by atoms with van der Waals surface area (Å²) >= 11 is 0. The largest absolute Gasteiger partial charge is 0.489 e. The third-order valence-electron chi connectivity index (χ3n) is 2.51. The van der Waals surface area contributed by atoms with Crippen molar-refractivity contribution in [1.29, 1.82) is 0 Å². The van der Waals surface area contributed by atoms with Crippen LogP contribution in [0, 0.1) is 6.92 Å². The number of rotatable bonds is 4. The third kappa shape index (κ3) is 2.70. The van der Waals surface area contributed by atoms with Crippen LogP contribution in [0.1, 0.15) is 21.9 Å². The molecule has 2 rings (SSSR count). The Morgan fingerprint density at radius 2 is 2.11 bits per heavy atom. The minimum Gasteiger partial charge on any atom is -0.489 e. The Morgan fingerprint density at radius 1 is 1.39 bits per heavy atom. The maximum absolute atomic E-state index is 11.3. The summed E-state index contributed by atoms with van der Waals surface area (Å²) in [5.41, 5.74) is 2.84. The van der Waals surface area contributed by atoms with Gasteiger partial charge in [0.05, 0.1) is 0 Å². The van der Waals surface area contributed by atoms with E-state index in [0.717, 1.165) is 11.3 Å². The average molecular weight is 246 g/mol. The Balaban J connectivity index is 2.06. The van der Waals surface area contributed by atoms with Crippen LogP contribution < -0.4 is 16.0 Å². The van der Waals surface area contributed by atoms with Crippen molar-refractivity contribution >= 4 is 5.91 Å². The second-order valence-electron chi connectivity index (χ2n) is 3.77. The average Bonchev–Trinajstić information content (AvgIpc) is 2.78. The molecule has 0 unspecified atom stereocenters. The number of furan rings is 1. The molecule has 5 nitrogen and oxygen atoms in total. The molecule has 1 aromatic carbocycles. The first kappa shape index (κ1) is 12.2. The summed E-state index contributed by atoms with van der Waals surface area (Å²) in [5, 5.41) is 0. The molecule has 0 aliphatic rings. The van der Waals surface area contributed by atoms with Crippen molar-refractivity contribution in [2.75, 3.05) is 0 Å². The molecule has 0 spiro atoms. The molecule has 1 amide bonds. The van der Waals surface area contributed by atoms with E-state index < -0.39 is 5.91 Å². The molecule has 18 heavy (non-hydrogen) atoms. The fourth-order valence-corrected chi connectivity index (χ4v) is 1.52. The molecular formula is C13H14N2O3. The zero-order valence-electron chi connectivity index (χ0n) is 9.97. The van der Waals surface area contributed by atoms with Gasteiger partial charge in [-0.15, -0.1) is 0 Å². The highest BCUT2D eigenvalue weighted by molar-refractivity contribution is 5.91. The number of benzene rings is 1. The smallest absolute Gasteiger partial charge is 0.300 e. The summed E-state index contributed by atoms with van der Waals surface area (Å²) in [6.07, 6.45) is 0. The number of nitrogens with two attached hydrogens (primary N) is 1. The highest BCUT2D eigenvalue weighted by atomic mass is 16.5. The van der Waals surface area contributed by atoms with Crippen molar-refractivity contribution in [2.24, 2.45) is 5.84 Å². The van der Waals surface area contributed by atoms with Gasteiger partial charge in [0.1, 0.15) is 18.1 Å². The molecule has 1 heterocycles. The number of nitrogen functional groups attached to an aromatic ring is 1. The zero-order chi connectivity index (χ0) is 13.0. The van der Waals surface area contributed by atoms with E-state index in [1.807, 2.05) is 35.8 Å². The second-order valence-corrected chi connectivity index (χ2v) is 3.77. The Kier molecular flexibility index (Phi) is 3.64. The Bertz CT molecular complexity index is 534. The van der Waals surface area contributed by atoms with E-state index in [1.54, 1.807) is 13.0 Å². The molecule has 0 saturated carbocycles. The van der Waals surface area contributed by atoms with Gasteiger partial charge in [0.15, 0.2) is 5.76 Å². The lowest BCUT2D eigenvalue weighted by molar-refractivity contribution is 0.0924. The highest BCUT2D eigenvalue weighted by Gasteiger charge is 2.13. The summed E-state index contributed by atoms with van der Waals surface area (Å²) in [6.45, 7) is 2.12. The number of nitrogens with one attached hydrogen (secondary N) is 1. The number of para-hydroxylation sites is 1. The van der Waals surface area contributed by atoms with Crippen molar-refractivity contribution in [1.82, 2.24) is 5.43 Å². The molecule has 0 saturated heterocycles. The lowest BCUT2D eigenvalue weighted by Gasteiger charge is -2.04. The zero-order valence-corrected chi connectivity index (χ0v) is 9.97. The fourth-order valence-electron chi connectivity index (χ4n) is 1.52. The van der Waals surface area contributed by atoms with Crippen LogP contribution in [0.3, 0.4) is 0 Å². The molecule has 0 atom stereocenters. The van der Waals surface area contributed by atoms with Crippen LogP contribution in [-0.4, -0.2) is 5.91 Å². The van der Waals surface area contributed by atoms with Gasteiger partial charge in [0.2, 0.25) is 0 Å². The summed E-state index contributed by atoms with van der Waals surface area (Å²) < 4.78 is 10.9. The Morgan fingerprint density at radius 3 is 2.78 bits per heavy atom. The maximum atomic E-state index is 11.3. The summed E-state index contributed by atoms with van der Waals surface area (Å²) in [6, 6.07) is 11.1. The van der Waals surface area contributed by atoms with E-state index in [4.69, 9.17) is 15.0 Å². The van der Waals surface area contributed by atoms with Crippen LogP contribution in [0.2, 0.25) is 0 Å². The van der Waals surface area contributed by atoms with Gasteiger partial charge in [0.25, 0.3) is 0 Å². The first-order chi connectivity index (χ1) is 8.70. The Hall–Kier alpha value is -2.27. The minimum atomic E-state index is -0.455. The van der Waals surface area contributed by atoms with Gasteiger partial charge in [-0.1, -0.05) is 18.2 Å². The fraction of sp³-hybridized carbons (Fsp3) is 0.154. The second kappa shape index (κ2) is 5.37. The van der Waals surface area contributed by atoms with Crippen molar-refractivity contribution in [3.05, 3.63) is 53.5 Å². The van der Waals surface area contributed by atoms with Gasteiger partial charge in [-0.2, -0.15) is 0 Å². The van der Waals surface area contributed by atoms with Crippen LogP contribution in [0.4, 0.5) is 0 Å². The van der Waals surface area contributed by atoms with E-state index in [2.05, 4.69) is 0 Å². The van der Waals surface area contributed by atoms with Gasteiger partial charge in [-0.25, -0.2) is 5.84 Å². The summed E-state index contributed by atoms with van der Waals surface area (Å²) in [5.74, 6) is 6.17. The van der Waals surface area contributed by atoms with E-state index in [0.29, 0.717) is 12.4 Å². The lowest BCUT2D eigenvalue weighted by Crippen LogP contribution is -2.29. The van der Waals surface area contributed by atoms with Gasteiger partial charge in [-0.05, 0) is 25.1 Å². The van der Waals surface area contributed by atoms with E-state index in [9.17, 15) is 4.79 Å². The number of hydrogen-bond acceptors (Lipinski definition) is 4. The van der Waals surface area contributed by atoms with E-state index in [1.165, 1.54) is 0 Å². The van der Waals surface area contributed by atoms with Gasteiger partial charge in [-0.3, -0.25) is 10.2 Å². The predicted molar refractivity (Wildman–Crippen MR) is 65.9 cm³/mol. The number of amides is 1. The monoisotopic (exact) mass is 246 g/mol. The molecule has 3 N–H and O–H groups in total. The maximum Gasteiger partial charge on any atom is 0.300 e. The summed E-state index contributed by atoms with van der Waals surface area (Å²) in [7, 11) is 0. The van der Waals surface area contributed by atoms with E-state index >= 15 is 0 Å². The highest BCUT2D eigenvalue weighted by Crippen LogP contribution is 2.17. The quantitative estimate of drug-likeness (QED) is 0.489. The van der Waals surface area contributed by atoms with Crippen molar-refractivity contribution in [2.45, 2.75) is 13.5 Å². The molecule has 0 aliphatic heterocycles. The number of carbonyl (C=O) groups excluding carboxylic acids is 1. The lowest BCUT2D eigenvalue weighted by atomic mass is 10.2. The standard InChI is InChI=1S/C13H14N2O3/c1-9-10(7-12(18-9)13(16)15-14)8-17-11-5-3-2-4-6-11/h2-7H,8,14H2,1H3,(H,15,16). The first-order valence-electron chi connectivity index (χ1n) is 5.49. The molecule has 0 aliphatic carbocycles. The van der Waals surface area contributed by atoms with Crippen LogP contribution in [0.5, 0.6) is 5.75 Å². The number of aryl methyl sites for hydroxylation is 1. The SMILES string of the molecule is Cc1oc(C(=O)NN)cc1COc1ccccc1. The normalized spacial score (nSPS) is 10.1. The third-order valence-corrected chi connectivity index (χ3v) is 2.51. The number of hydrazine groups is 1. The van der Waals surface area contributed by atoms with Gasteiger partial charge in [0, 0.05) is 5.56 Å². The van der Waals surface area contributed by atoms with Crippen LogP contribution >= 0.6 is 0 Å². The Labute approximate surface area is 105 Å².